The molecule has 1 aromatic carbocycles. The topological polar surface area (TPSA) is 72.5 Å². The van der Waals surface area contributed by atoms with Gasteiger partial charge in [-0.05, 0) is 19.1 Å². The lowest BCUT2D eigenvalue weighted by Gasteiger charge is -2.15. The Hall–Kier alpha value is -1.99. The fourth-order valence-electron chi connectivity index (χ4n) is 1.82. The molecule has 0 unspecified atom stereocenters. The van der Waals surface area contributed by atoms with Gasteiger partial charge in [0.25, 0.3) is 0 Å². The Morgan fingerprint density at radius 2 is 2.05 bits per heavy atom. The molecule has 0 aliphatic rings. The van der Waals surface area contributed by atoms with E-state index in [0.29, 0.717) is 26.7 Å². The first-order valence-corrected chi connectivity index (χ1v) is 7.15. The molecule has 0 fully saturated rings. The first kappa shape index (κ1) is 15.4. The van der Waals surface area contributed by atoms with Gasteiger partial charge in [0.1, 0.15) is 15.8 Å². The molecule has 2 rings (SSSR count). The molecular weight excluding hydrogens is 314 g/mol. The van der Waals surface area contributed by atoms with Gasteiger partial charge in [-0.1, -0.05) is 22.9 Å². The molecule has 0 saturated heterocycles. The van der Waals surface area contributed by atoms with Crippen molar-refractivity contribution in [1.82, 2.24) is 4.98 Å². The number of rotatable bonds is 4. The fraction of sp³-hybridized carbons (Fsp3) is 0.231. The number of methoxy groups -OCH3 is 2. The van der Waals surface area contributed by atoms with Crippen LogP contribution in [0.3, 0.4) is 0 Å². The largest absolute Gasteiger partial charge is 0.496 e. The van der Waals surface area contributed by atoms with E-state index in [1.807, 2.05) is 6.92 Å². The number of aromatic nitrogens is 1. The summed E-state index contributed by atoms with van der Waals surface area (Å²) in [5.74, 6) is 1.23. The predicted octanol–water partition coefficient (Wildman–Crippen LogP) is 3.77. The van der Waals surface area contributed by atoms with Gasteiger partial charge in [0.2, 0.25) is 0 Å². The van der Waals surface area contributed by atoms with E-state index in [-0.39, 0.29) is 0 Å². The zero-order valence-electron chi connectivity index (χ0n) is 11.7. The summed E-state index contributed by atoms with van der Waals surface area (Å²) in [5.41, 5.74) is 1.34. The van der Waals surface area contributed by atoms with Crippen molar-refractivity contribution >= 4 is 39.8 Å². The van der Waals surface area contributed by atoms with Gasteiger partial charge in [0, 0.05) is 5.56 Å². The van der Waals surface area contributed by atoms with Gasteiger partial charge in [-0.25, -0.2) is 9.78 Å². The van der Waals surface area contributed by atoms with Crippen LogP contribution in [-0.2, 0) is 0 Å². The lowest BCUT2D eigenvalue weighted by molar-refractivity contribution is 0.262. The molecule has 21 heavy (non-hydrogen) atoms. The van der Waals surface area contributed by atoms with Crippen molar-refractivity contribution in [3.8, 4) is 11.5 Å². The van der Waals surface area contributed by atoms with Crippen molar-refractivity contribution < 1.29 is 14.3 Å². The first-order chi connectivity index (χ1) is 10.0. The zero-order valence-corrected chi connectivity index (χ0v) is 13.3. The van der Waals surface area contributed by atoms with Gasteiger partial charge in [-0.2, -0.15) is 0 Å². The molecule has 2 aromatic rings. The molecule has 0 radical (unpaired) electrons. The quantitative estimate of drug-likeness (QED) is 0.896. The number of carbonyl (C=O) groups is 1. The summed E-state index contributed by atoms with van der Waals surface area (Å²) < 4.78 is 11.0. The summed E-state index contributed by atoms with van der Waals surface area (Å²) in [4.78, 5) is 15.9. The van der Waals surface area contributed by atoms with Crippen molar-refractivity contribution in [2.45, 2.75) is 6.92 Å². The number of nitrogens with zero attached hydrogens (tertiary/aromatic N) is 1. The second-order valence-corrected chi connectivity index (χ2v) is 5.68. The summed E-state index contributed by atoms with van der Waals surface area (Å²) in [6, 6.07) is 3.04. The molecule has 1 aromatic heterocycles. The third kappa shape index (κ3) is 3.56. The molecule has 2 amide bonds. The first-order valence-electron chi connectivity index (χ1n) is 5.96. The van der Waals surface area contributed by atoms with Crippen LogP contribution < -0.4 is 20.1 Å². The van der Waals surface area contributed by atoms with Crippen molar-refractivity contribution in [3.63, 3.8) is 0 Å². The number of hydrogen-bond acceptors (Lipinski definition) is 5. The van der Waals surface area contributed by atoms with Crippen molar-refractivity contribution in [3.05, 3.63) is 28.2 Å². The highest BCUT2D eigenvalue weighted by molar-refractivity contribution is 7.19. The highest BCUT2D eigenvalue weighted by Crippen LogP contribution is 2.35. The van der Waals surface area contributed by atoms with E-state index in [1.54, 1.807) is 19.2 Å². The van der Waals surface area contributed by atoms with E-state index in [0.717, 1.165) is 5.56 Å². The number of amides is 2. The van der Waals surface area contributed by atoms with Crippen LogP contribution in [-0.4, -0.2) is 25.2 Å². The number of anilines is 2. The Kier molecular flexibility index (Phi) is 4.87. The molecule has 0 bridgehead atoms. The monoisotopic (exact) mass is 327 g/mol. The smallest absolute Gasteiger partial charge is 0.325 e. The van der Waals surface area contributed by atoms with Crippen LogP contribution in [0.5, 0.6) is 11.5 Å². The van der Waals surface area contributed by atoms with Crippen LogP contribution >= 0.6 is 22.9 Å². The minimum Gasteiger partial charge on any atom is -0.496 e. The van der Waals surface area contributed by atoms with Crippen LogP contribution in [0.25, 0.3) is 0 Å². The van der Waals surface area contributed by atoms with Crippen molar-refractivity contribution in [1.29, 1.82) is 0 Å². The van der Waals surface area contributed by atoms with Gasteiger partial charge in [0.05, 0.1) is 26.1 Å². The number of halogens is 1. The number of nitrogens with one attached hydrogen (secondary N) is 2. The Labute approximate surface area is 131 Å². The Morgan fingerprint density at radius 3 is 2.62 bits per heavy atom. The van der Waals surface area contributed by atoms with Gasteiger partial charge in [0.15, 0.2) is 5.13 Å². The summed E-state index contributed by atoms with van der Waals surface area (Å²) in [7, 11) is 3.11. The SMILES string of the molecule is COc1ccc(NC(=O)Nc2ncc(Cl)s2)c(OC)c1C. The Bertz CT molecular complexity index is 660. The molecule has 2 N–H and O–H groups in total. The molecule has 1 heterocycles. The Balaban J connectivity index is 2.15. The van der Waals surface area contributed by atoms with Gasteiger partial charge < -0.3 is 14.8 Å². The summed E-state index contributed by atoms with van der Waals surface area (Å²) in [6.07, 6.45) is 1.47. The number of carbonyl (C=O) groups excluding carboxylic acids is 1. The second kappa shape index (κ2) is 6.64. The van der Waals surface area contributed by atoms with E-state index < -0.39 is 6.03 Å². The minimum atomic E-state index is -0.427. The summed E-state index contributed by atoms with van der Waals surface area (Å²) >= 11 is 6.93. The van der Waals surface area contributed by atoms with Crippen LogP contribution in [0.1, 0.15) is 5.56 Å². The van der Waals surface area contributed by atoms with E-state index in [4.69, 9.17) is 21.1 Å². The Morgan fingerprint density at radius 1 is 1.29 bits per heavy atom. The maximum atomic E-state index is 11.9. The maximum absolute atomic E-state index is 11.9. The number of urea groups is 1. The molecular formula is C13H14ClN3O3S. The molecule has 6 nitrogen and oxygen atoms in total. The van der Waals surface area contributed by atoms with Gasteiger partial charge in [-0.15, -0.1) is 0 Å². The van der Waals surface area contributed by atoms with E-state index in [1.165, 1.54) is 24.6 Å². The van der Waals surface area contributed by atoms with Gasteiger partial charge in [-0.3, -0.25) is 5.32 Å². The number of hydrogen-bond donors (Lipinski definition) is 2. The number of ether oxygens (including phenoxy) is 2. The highest BCUT2D eigenvalue weighted by Gasteiger charge is 2.14. The number of thiazole rings is 1. The normalized spacial score (nSPS) is 10.1. The lowest BCUT2D eigenvalue weighted by Crippen LogP contribution is -2.19. The van der Waals surface area contributed by atoms with E-state index >= 15 is 0 Å². The molecule has 0 spiro atoms. The van der Waals surface area contributed by atoms with Crippen LogP contribution in [0.15, 0.2) is 18.3 Å². The third-order valence-electron chi connectivity index (χ3n) is 2.73. The van der Waals surface area contributed by atoms with Crippen molar-refractivity contribution in [2.24, 2.45) is 0 Å². The summed E-state index contributed by atoms with van der Waals surface area (Å²) in [6.45, 7) is 1.85. The molecule has 0 saturated carbocycles. The molecule has 8 heteroatoms. The zero-order chi connectivity index (χ0) is 15.4. The second-order valence-electron chi connectivity index (χ2n) is 4.02. The van der Waals surface area contributed by atoms with Crippen LogP contribution in [0, 0.1) is 6.92 Å². The summed E-state index contributed by atoms with van der Waals surface area (Å²) in [5, 5.41) is 5.72. The average molecular weight is 328 g/mol. The van der Waals surface area contributed by atoms with Crippen molar-refractivity contribution in [2.75, 3.05) is 24.9 Å². The van der Waals surface area contributed by atoms with Crippen LogP contribution in [0.2, 0.25) is 4.34 Å². The lowest BCUT2D eigenvalue weighted by atomic mass is 10.1. The molecule has 0 aliphatic heterocycles. The van der Waals surface area contributed by atoms with E-state index in [2.05, 4.69) is 15.6 Å². The predicted molar refractivity (Wildman–Crippen MR) is 84.0 cm³/mol. The highest BCUT2D eigenvalue weighted by atomic mass is 35.5. The molecule has 0 atom stereocenters. The van der Waals surface area contributed by atoms with Gasteiger partial charge >= 0.3 is 6.03 Å². The molecule has 0 aliphatic carbocycles. The van der Waals surface area contributed by atoms with Crippen LogP contribution in [0.4, 0.5) is 15.6 Å². The maximum Gasteiger partial charge on any atom is 0.325 e. The minimum absolute atomic E-state index is 0.418. The number of benzene rings is 1. The van der Waals surface area contributed by atoms with E-state index in [9.17, 15) is 4.79 Å². The fourth-order valence-corrected chi connectivity index (χ4v) is 2.63. The third-order valence-corrected chi connectivity index (χ3v) is 3.76. The average Bonchev–Trinajstić information content (AvgIpc) is 2.84. The molecule has 112 valence electrons. The standard InChI is InChI=1S/C13H14ClN3O3S/c1-7-9(19-2)5-4-8(11(7)20-3)16-12(18)17-13-15-6-10(14)21-13/h4-6H,1-3H3,(H2,15,16,17,18).